The summed E-state index contributed by atoms with van der Waals surface area (Å²) in [5.41, 5.74) is -1.31. The molecule has 7 nitrogen and oxygen atoms in total. The highest BCUT2D eigenvalue weighted by Gasteiger charge is 2.19. The third-order valence-corrected chi connectivity index (χ3v) is 1.81. The first-order valence-electron chi connectivity index (χ1n) is 3.94. The monoisotopic (exact) mass is 212 g/mol. The van der Waals surface area contributed by atoms with E-state index in [9.17, 15) is 19.7 Å². The molecule has 0 aliphatic carbocycles. The normalized spacial score (nSPS) is 9.73. The molecule has 1 aromatic rings. The van der Waals surface area contributed by atoms with Crippen molar-refractivity contribution in [2.75, 3.05) is 7.11 Å². The van der Waals surface area contributed by atoms with Crippen molar-refractivity contribution in [1.82, 2.24) is 4.98 Å². The fourth-order valence-electron chi connectivity index (χ4n) is 1.06. The summed E-state index contributed by atoms with van der Waals surface area (Å²) >= 11 is 0. The number of hydrogen-bond donors (Lipinski definition) is 1. The van der Waals surface area contributed by atoms with Gasteiger partial charge in [-0.05, 0) is 6.92 Å². The number of carbonyl (C=O) groups excluding carboxylic acids is 1. The van der Waals surface area contributed by atoms with E-state index in [1.165, 1.54) is 6.92 Å². The second-order valence-electron chi connectivity index (χ2n) is 2.77. The molecule has 0 unspecified atom stereocenters. The number of aryl methyl sites for hydroxylation is 1. The molecule has 80 valence electrons. The third kappa shape index (κ3) is 2.01. The van der Waals surface area contributed by atoms with E-state index < -0.39 is 16.5 Å². The maximum absolute atomic E-state index is 11.2. The molecule has 7 heteroatoms. The van der Waals surface area contributed by atoms with E-state index in [0.29, 0.717) is 0 Å². The number of methoxy groups -OCH3 is 1. The maximum atomic E-state index is 11.2. The molecular formula is C8H8N2O5. The highest BCUT2D eigenvalue weighted by molar-refractivity contribution is 5.89. The molecule has 0 fully saturated rings. The lowest BCUT2D eigenvalue weighted by Gasteiger charge is -2.00. The zero-order valence-electron chi connectivity index (χ0n) is 8.07. The number of nitro groups is 1. The summed E-state index contributed by atoms with van der Waals surface area (Å²) in [4.78, 5) is 34.3. The van der Waals surface area contributed by atoms with E-state index in [1.54, 1.807) is 0 Å². The minimum atomic E-state index is -0.903. The molecule has 0 atom stereocenters. The lowest BCUT2D eigenvalue weighted by Crippen LogP contribution is -2.20. The Kier molecular flexibility index (Phi) is 2.84. The quantitative estimate of drug-likeness (QED) is 0.433. The van der Waals surface area contributed by atoms with Crippen LogP contribution in [0, 0.1) is 17.0 Å². The van der Waals surface area contributed by atoms with Gasteiger partial charge in [0.25, 0.3) is 11.2 Å². The Morgan fingerprint density at radius 3 is 2.67 bits per heavy atom. The highest BCUT2D eigenvalue weighted by atomic mass is 16.6. The van der Waals surface area contributed by atoms with Crippen molar-refractivity contribution in [3.05, 3.63) is 37.8 Å². The van der Waals surface area contributed by atoms with Crippen LogP contribution in [0.2, 0.25) is 0 Å². The zero-order chi connectivity index (χ0) is 11.6. The van der Waals surface area contributed by atoms with E-state index in [1.807, 2.05) is 0 Å². The summed E-state index contributed by atoms with van der Waals surface area (Å²) in [6.07, 6.45) is 0. The number of ether oxygens (including phenoxy) is 1. The van der Waals surface area contributed by atoms with Crippen LogP contribution in [0.4, 0.5) is 5.69 Å². The van der Waals surface area contributed by atoms with Crippen LogP contribution in [-0.2, 0) is 4.74 Å². The number of carbonyl (C=O) groups is 1. The Hall–Kier alpha value is -2.18. The van der Waals surface area contributed by atoms with Gasteiger partial charge in [0.15, 0.2) is 0 Å². The van der Waals surface area contributed by atoms with Crippen LogP contribution in [0.3, 0.4) is 0 Å². The molecule has 0 spiro atoms. The van der Waals surface area contributed by atoms with E-state index in [4.69, 9.17) is 0 Å². The van der Waals surface area contributed by atoms with Gasteiger partial charge in [0.2, 0.25) is 0 Å². The van der Waals surface area contributed by atoms with Crippen molar-refractivity contribution < 1.29 is 14.5 Å². The van der Waals surface area contributed by atoms with Crippen molar-refractivity contribution in [3.63, 3.8) is 0 Å². The second kappa shape index (κ2) is 3.91. The molecule has 0 amide bonds. The topological polar surface area (TPSA) is 102 Å². The summed E-state index contributed by atoms with van der Waals surface area (Å²) in [5.74, 6) is -0.903. The van der Waals surface area contributed by atoms with Crippen molar-refractivity contribution in [1.29, 1.82) is 0 Å². The largest absolute Gasteiger partial charge is 0.465 e. The second-order valence-corrected chi connectivity index (χ2v) is 2.77. The zero-order valence-corrected chi connectivity index (χ0v) is 8.07. The van der Waals surface area contributed by atoms with Gasteiger partial charge in [-0.3, -0.25) is 14.9 Å². The van der Waals surface area contributed by atoms with Gasteiger partial charge >= 0.3 is 5.97 Å². The summed E-state index contributed by atoms with van der Waals surface area (Å²) < 4.78 is 4.31. The lowest BCUT2D eigenvalue weighted by atomic mass is 10.2. The molecule has 0 saturated carbocycles. The van der Waals surface area contributed by atoms with Crippen LogP contribution in [0.1, 0.15) is 16.1 Å². The summed E-state index contributed by atoms with van der Waals surface area (Å²) in [6.45, 7) is 1.38. The number of aromatic amines is 1. The molecule has 0 bridgehead atoms. The Balaban J connectivity index is 3.43. The molecule has 0 saturated heterocycles. The average Bonchev–Trinajstić information content (AvgIpc) is 2.16. The molecule has 1 N–H and O–H groups in total. The minimum absolute atomic E-state index is 0.0950. The van der Waals surface area contributed by atoms with Crippen molar-refractivity contribution in [2.24, 2.45) is 0 Å². The number of aromatic nitrogens is 1. The summed E-state index contributed by atoms with van der Waals surface area (Å²) in [7, 11) is 1.09. The van der Waals surface area contributed by atoms with E-state index in [0.717, 1.165) is 13.2 Å². The Bertz CT molecular complexity index is 476. The van der Waals surface area contributed by atoms with Crippen molar-refractivity contribution in [3.8, 4) is 0 Å². The number of nitrogens with zero attached hydrogens (tertiary/aromatic N) is 1. The van der Waals surface area contributed by atoms with Gasteiger partial charge < -0.3 is 9.72 Å². The van der Waals surface area contributed by atoms with Crippen LogP contribution >= 0.6 is 0 Å². The van der Waals surface area contributed by atoms with Gasteiger partial charge in [0.1, 0.15) is 5.56 Å². The minimum Gasteiger partial charge on any atom is -0.465 e. The fraction of sp³-hybridized carbons (Fsp3) is 0.250. The fourth-order valence-corrected chi connectivity index (χ4v) is 1.06. The van der Waals surface area contributed by atoms with Gasteiger partial charge in [-0.15, -0.1) is 0 Å². The van der Waals surface area contributed by atoms with Crippen LogP contribution in [0.5, 0.6) is 0 Å². The third-order valence-electron chi connectivity index (χ3n) is 1.81. The van der Waals surface area contributed by atoms with Crippen molar-refractivity contribution >= 4 is 11.7 Å². The highest BCUT2D eigenvalue weighted by Crippen LogP contribution is 2.14. The first-order valence-corrected chi connectivity index (χ1v) is 3.94. The van der Waals surface area contributed by atoms with Gasteiger partial charge in [-0.2, -0.15) is 0 Å². The van der Waals surface area contributed by atoms with Gasteiger partial charge in [0, 0.05) is 6.07 Å². The number of pyridine rings is 1. The van der Waals surface area contributed by atoms with Crippen LogP contribution in [0.25, 0.3) is 0 Å². The van der Waals surface area contributed by atoms with Crippen LogP contribution in [-0.4, -0.2) is 23.0 Å². The number of hydrogen-bond acceptors (Lipinski definition) is 5. The van der Waals surface area contributed by atoms with Gasteiger partial charge in [-0.25, -0.2) is 4.79 Å². The molecule has 1 aromatic heterocycles. The Morgan fingerprint density at radius 1 is 1.60 bits per heavy atom. The first-order chi connectivity index (χ1) is 6.97. The average molecular weight is 212 g/mol. The maximum Gasteiger partial charge on any atom is 0.343 e. The molecule has 0 radical (unpaired) electrons. The van der Waals surface area contributed by atoms with E-state index in [-0.39, 0.29) is 16.9 Å². The van der Waals surface area contributed by atoms with E-state index >= 15 is 0 Å². The van der Waals surface area contributed by atoms with Gasteiger partial charge in [-0.1, -0.05) is 0 Å². The van der Waals surface area contributed by atoms with Gasteiger partial charge in [0.05, 0.1) is 17.7 Å². The number of rotatable bonds is 2. The van der Waals surface area contributed by atoms with E-state index in [2.05, 4.69) is 9.72 Å². The Labute approximate surface area is 83.8 Å². The summed E-state index contributed by atoms with van der Waals surface area (Å²) in [5, 5.41) is 10.5. The molecule has 0 aromatic carbocycles. The molecular weight excluding hydrogens is 204 g/mol. The predicted octanol–water partition coefficient (Wildman–Crippen LogP) is 0.378. The van der Waals surface area contributed by atoms with Crippen LogP contribution < -0.4 is 5.56 Å². The van der Waals surface area contributed by atoms with Crippen LogP contribution in [0.15, 0.2) is 10.9 Å². The Morgan fingerprint density at radius 2 is 2.20 bits per heavy atom. The SMILES string of the molecule is COC(=O)c1cc([N+](=O)[O-])c(C)[nH]c1=O. The first kappa shape index (κ1) is 10.9. The molecule has 0 aliphatic heterocycles. The number of nitrogens with one attached hydrogen (secondary N) is 1. The number of esters is 1. The lowest BCUT2D eigenvalue weighted by molar-refractivity contribution is -0.385. The molecule has 15 heavy (non-hydrogen) atoms. The van der Waals surface area contributed by atoms with Crippen molar-refractivity contribution in [2.45, 2.75) is 6.92 Å². The smallest absolute Gasteiger partial charge is 0.343 e. The molecule has 1 heterocycles. The standard InChI is InChI=1S/C8H8N2O5/c1-4-6(10(13)14)3-5(7(11)9-4)8(12)15-2/h3H,1-2H3,(H,9,11). The molecule has 0 aliphatic rings. The molecule has 1 rings (SSSR count). The number of H-pyrrole nitrogens is 1. The summed E-state index contributed by atoms with van der Waals surface area (Å²) in [6, 6.07) is 0.903. The predicted molar refractivity (Wildman–Crippen MR) is 49.8 cm³/mol.